The number of Topliss-reactive ketones (excluding diaryl/α,β-unsaturated/α-hetero) is 1. The molecule has 1 unspecified atom stereocenters. The van der Waals surface area contributed by atoms with Gasteiger partial charge in [-0.25, -0.2) is 0 Å². The minimum atomic E-state index is 0.0834. The molecule has 3 rings (SSSR count). The standard InChI is InChI=1S/C19H21NO2/c1-3-17-13-20(12-15-7-5-4-6-8-15)18-11-16(14(2)21)9-10-19(18)22-17/h4-11,17H,3,12-13H2,1-2H3. The van der Waals surface area contributed by atoms with Gasteiger partial charge in [-0.05, 0) is 37.1 Å². The van der Waals surface area contributed by atoms with E-state index in [4.69, 9.17) is 4.74 Å². The number of anilines is 1. The van der Waals surface area contributed by atoms with Crippen molar-refractivity contribution in [3.8, 4) is 5.75 Å². The number of ether oxygens (including phenoxy) is 1. The molecule has 2 aromatic carbocycles. The number of carbonyl (C=O) groups is 1. The first-order valence-electron chi connectivity index (χ1n) is 7.78. The fraction of sp³-hybridized carbons (Fsp3) is 0.316. The van der Waals surface area contributed by atoms with Crippen LogP contribution in [0.5, 0.6) is 5.75 Å². The van der Waals surface area contributed by atoms with Crippen LogP contribution in [-0.4, -0.2) is 18.4 Å². The van der Waals surface area contributed by atoms with Gasteiger partial charge in [-0.3, -0.25) is 4.79 Å². The Kier molecular flexibility index (Phi) is 4.14. The molecule has 1 aliphatic rings. The van der Waals surface area contributed by atoms with E-state index in [-0.39, 0.29) is 11.9 Å². The molecule has 1 aliphatic heterocycles. The second kappa shape index (κ2) is 6.22. The lowest BCUT2D eigenvalue weighted by Crippen LogP contribution is -2.39. The van der Waals surface area contributed by atoms with Crippen molar-refractivity contribution in [3.63, 3.8) is 0 Å². The molecule has 3 nitrogen and oxygen atoms in total. The molecule has 2 aromatic rings. The first-order valence-corrected chi connectivity index (χ1v) is 7.78. The lowest BCUT2D eigenvalue weighted by molar-refractivity contribution is 0.101. The second-order valence-electron chi connectivity index (χ2n) is 5.75. The van der Waals surface area contributed by atoms with Crippen LogP contribution in [0.2, 0.25) is 0 Å². The SMILES string of the molecule is CCC1CN(Cc2ccccc2)c2cc(C(C)=O)ccc2O1. The molecule has 0 fully saturated rings. The maximum atomic E-state index is 11.7. The number of hydrogen-bond acceptors (Lipinski definition) is 3. The normalized spacial score (nSPS) is 16.8. The van der Waals surface area contributed by atoms with Crippen molar-refractivity contribution in [2.75, 3.05) is 11.4 Å². The summed E-state index contributed by atoms with van der Waals surface area (Å²) in [5.41, 5.74) is 3.01. The van der Waals surface area contributed by atoms with E-state index >= 15 is 0 Å². The highest BCUT2D eigenvalue weighted by atomic mass is 16.5. The number of fused-ring (bicyclic) bond motifs is 1. The van der Waals surface area contributed by atoms with Crippen molar-refractivity contribution in [1.82, 2.24) is 0 Å². The van der Waals surface area contributed by atoms with Crippen LogP contribution < -0.4 is 9.64 Å². The fourth-order valence-electron chi connectivity index (χ4n) is 2.81. The van der Waals surface area contributed by atoms with E-state index in [0.717, 1.165) is 36.5 Å². The quantitative estimate of drug-likeness (QED) is 0.796. The number of nitrogens with zero attached hydrogens (tertiary/aromatic N) is 1. The fourth-order valence-corrected chi connectivity index (χ4v) is 2.81. The lowest BCUT2D eigenvalue weighted by Gasteiger charge is -2.36. The number of ketones is 1. The Hall–Kier alpha value is -2.29. The summed E-state index contributed by atoms with van der Waals surface area (Å²) < 4.78 is 6.03. The molecule has 0 saturated carbocycles. The minimum absolute atomic E-state index is 0.0834. The van der Waals surface area contributed by atoms with Gasteiger partial charge < -0.3 is 9.64 Å². The summed E-state index contributed by atoms with van der Waals surface area (Å²) in [5, 5.41) is 0. The van der Waals surface area contributed by atoms with E-state index in [9.17, 15) is 4.79 Å². The molecule has 0 aromatic heterocycles. The monoisotopic (exact) mass is 295 g/mol. The van der Waals surface area contributed by atoms with Crippen LogP contribution in [0.3, 0.4) is 0 Å². The average molecular weight is 295 g/mol. The third-order valence-electron chi connectivity index (χ3n) is 4.10. The number of carbonyl (C=O) groups excluding carboxylic acids is 1. The zero-order valence-corrected chi connectivity index (χ0v) is 13.1. The summed E-state index contributed by atoms with van der Waals surface area (Å²) in [5.74, 6) is 0.958. The van der Waals surface area contributed by atoms with Gasteiger partial charge in [0.05, 0.1) is 12.2 Å². The molecular weight excluding hydrogens is 274 g/mol. The molecule has 114 valence electrons. The Morgan fingerprint density at radius 3 is 2.68 bits per heavy atom. The zero-order chi connectivity index (χ0) is 15.5. The Labute approximate surface area is 131 Å². The summed E-state index contributed by atoms with van der Waals surface area (Å²) in [6.45, 7) is 5.41. The highest BCUT2D eigenvalue weighted by Gasteiger charge is 2.25. The smallest absolute Gasteiger partial charge is 0.159 e. The van der Waals surface area contributed by atoms with E-state index < -0.39 is 0 Å². The maximum Gasteiger partial charge on any atom is 0.159 e. The third kappa shape index (κ3) is 2.98. The summed E-state index contributed by atoms with van der Waals surface area (Å²) in [6.07, 6.45) is 1.17. The molecule has 0 N–H and O–H groups in total. The third-order valence-corrected chi connectivity index (χ3v) is 4.10. The zero-order valence-electron chi connectivity index (χ0n) is 13.1. The van der Waals surface area contributed by atoms with Crippen LogP contribution in [-0.2, 0) is 6.54 Å². The van der Waals surface area contributed by atoms with Gasteiger partial charge in [0.15, 0.2) is 5.78 Å². The van der Waals surface area contributed by atoms with E-state index in [1.165, 1.54) is 5.56 Å². The van der Waals surface area contributed by atoms with Crippen LogP contribution in [0, 0.1) is 0 Å². The maximum absolute atomic E-state index is 11.7. The van der Waals surface area contributed by atoms with Gasteiger partial charge in [0.2, 0.25) is 0 Å². The highest BCUT2D eigenvalue weighted by molar-refractivity contribution is 5.95. The van der Waals surface area contributed by atoms with Gasteiger partial charge in [0, 0.05) is 12.1 Å². The highest BCUT2D eigenvalue weighted by Crippen LogP contribution is 2.36. The van der Waals surface area contributed by atoms with Crippen molar-refractivity contribution in [2.45, 2.75) is 32.9 Å². The Balaban J connectivity index is 1.95. The van der Waals surface area contributed by atoms with Gasteiger partial charge in [-0.15, -0.1) is 0 Å². The second-order valence-corrected chi connectivity index (χ2v) is 5.75. The number of hydrogen-bond donors (Lipinski definition) is 0. The molecule has 1 atom stereocenters. The molecule has 0 amide bonds. The van der Waals surface area contributed by atoms with Crippen molar-refractivity contribution in [2.24, 2.45) is 0 Å². The Morgan fingerprint density at radius 2 is 2.00 bits per heavy atom. The van der Waals surface area contributed by atoms with Crippen molar-refractivity contribution in [3.05, 3.63) is 59.7 Å². The molecule has 0 radical (unpaired) electrons. The molecule has 3 heteroatoms. The Bertz CT molecular complexity index is 666. The summed E-state index contributed by atoms with van der Waals surface area (Å²) in [7, 11) is 0. The van der Waals surface area contributed by atoms with E-state index in [1.807, 2.05) is 24.3 Å². The lowest BCUT2D eigenvalue weighted by atomic mass is 10.1. The van der Waals surface area contributed by atoms with Crippen molar-refractivity contribution >= 4 is 11.5 Å². The van der Waals surface area contributed by atoms with Crippen molar-refractivity contribution < 1.29 is 9.53 Å². The van der Waals surface area contributed by atoms with Crippen LogP contribution in [0.1, 0.15) is 36.2 Å². The predicted molar refractivity (Wildman–Crippen MR) is 88.6 cm³/mol. The molecule has 0 spiro atoms. The van der Waals surface area contributed by atoms with Gasteiger partial charge in [-0.1, -0.05) is 37.3 Å². The number of rotatable bonds is 4. The van der Waals surface area contributed by atoms with Crippen LogP contribution in [0.4, 0.5) is 5.69 Å². The largest absolute Gasteiger partial charge is 0.486 e. The topological polar surface area (TPSA) is 29.5 Å². The van der Waals surface area contributed by atoms with Gasteiger partial charge in [0.1, 0.15) is 11.9 Å². The summed E-state index contributed by atoms with van der Waals surface area (Å²) >= 11 is 0. The van der Waals surface area contributed by atoms with Crippen molar-refractivity contribution in [1.29, 1.82) is 0 Å². The summed E-state index contributed by atoms with van der Waals surface area (Å²) in [4.78, 5) is 14.0. The number of benzene rings is 2. The van der Waals surface area contributed by atoms with E-state index in [0.29, 0.717) is 0 Å². The van der Waals surface area contributed by atoms with Crippen LogP contribution >= 0.6 is 0 Å². The molecule has 0 aliphatic carbocycles. The van der Waals surface area contributed by atoms with Gasteiger partial charge >= 0.3 is 0 Å². The first-order chi connectivity index (χ1) is 10.7. The average Bonchev–Trinajstić information content (AvgIpc) is 2.55. The van der Waals surface area contributed by atoms with Gasteiger partial charge in [0.25, 0.3) is 0 Å². The molecule has 1 heterocycles. The predicted octanol–water partition coefficient (Wildman–Crippen LogP) is 4.07. The molecule has 0 saturated heterocycles. The minimum Gasteiger partial charge on any atom is -0.486 e. The summed E-state index contributed by atoms with van der Waals surface area (Å²) in [6, 6.07) is 16.1. The molecular formula is C19H21NO2. The van der Waals surface area contributed by atoms with Crippen LogP contribution in [0.25, 0.3) is 0 Å². The first kappa shape index (κ1) is 14.6. The van der Waals surface area contributed by atoms with E-state index in [2.05, 4.69) is 36.1 Å². The van der Waals surface area contributed by atoms with E-state index in [1.54, 1.807) is 6.92 Å². The Morgan fingerprint density at radius 1 is 1.23 bits per heavy atom. The van der Waals surface area contributed by atoms with Gasteiger partial charge in [-0.2, -0.15) is 0 Å². The molecule has 0 bridgehead atoms. The van der Waals surface area contributed by atoms with Crippen LogP contribution in [0.15, 0.2) is 48.5 Å². The molecule has 22 heavy (non-hydrogen) atoms.